The molecule has 2 atom stereocenters. The van der Waals surface area contributed by atoms with Crippen molar-refractivity contribution in [2.45, 2.75) is 23.6 Å². The average molecular weight is 332 g/mol. The SMILES string of the molecule is CC(Cl)C(=O)NC1(S(=O)(=O)O)C=CC2=C(O)CC=CC2=C1. The van der Waals surface area contributed by atoms with Crippen LogP contribution in [0.2, 0.25) is 0 Å². The second kappa shape index (κ2) is 5.32. The van der Waals surface area contributed by atoms with Crippen molar-refractivity contribution in [3.63, 3.8) is 0 Å². The van der Waals surface area contributed by atoms with Crippen molar-refractivity contribution < 1.29 is 22.9 Å². The molecule has 0 aliphatic heterocycles. The van der Waals surface area contributed by atoms with Gasteiger partial charge in [-0.1, -0.05) is 18.2 Å². The Morgan fingerprint density at radius 2 is 2.14 bits per heavy atom. The first kappa shape index (κ1) is 15.8. The minimum Gasteiger partial charge on any atom is -0.511 e. The number of aliphatic hydroxyl groups excluding tert-OH is 1. The van der Waals surface area contributed by atoms with Crippen LogP contribution in [0.4, 0.5) is 0 Å². The van der Waals surface area contributed by atoms with Crippen molar-refractivity contribution in [1.29, 1.82) is 0 Å². The molecule has 0 saturated heterocycles. The highest BCUT2D eigenvalue weighted by atomic mass is 35.5. The number of fused-ring (bicyclic) bond motifs is 1. The summed E-state index contributed by atoms with van der Waals surface area (Å²) in [4.78, 5) is 9.62. The molecule has 0 aromatic carbocycles. The molecule has 3 N–H and O–H groups in total. The van der Waals surface area contributed by atoms with Crippen molar-refractivity contribution >= 4 is 27.6 Å². The van der Waals surface area contributed by atoms with Gasteiger partial charge < -0.3 is 10.4 Å². The first-order chi connectivity index (χ1) is 9.66. The molecular weight excluding hydrogens is 318 g/mol. The number of carbonyl (C=O) groups is 1. The molecule has 2 rings (SSSR count). The van der Waals surface area contributed by atoms with Gasteiger partial charge in [0.05, 0.1) is 0 Å². The lowest BCUT2D eigenvalue weighted by molar-refractivity contribution is -0.121. The molecule has 1 amide bonds. The zero-order chi connectivity index (χ0) is 15.8. The van der Waals surface area contributed by atoms with E-state index in [1.165, 1.54) is 19.1 Å². The van der Waals surface area contributed by atoms with Crippen molar-refractivity contribution in [3.8, 4) is 0 Å². The Morgan fingerprint density at radius 3 is 2.71 bits per heavy atom. The average Bonchev–Trinajstić information content (AvgIpc) is 2.37. The lowest BCUT2D eigenvalue weighted by Crippen LogP contribution is -2.54. The Balaban J connectivity index is 2.53. The van der Waals surface area contributed by atoms with Crippen LogP contribution in [0.1, 0.15) is 13.3 Å². The van der Waals surface area contributed by atoms with E-state index in [0.29, 0.717) is 17.6 Å². The predicted molar refractivity (Wildman–Crippen MR) is 78.4 cm³/mol. The van der Waals surface area contributed by atoms with Gasteiger partial charge in [-0.2, -0.15) is 8.42 Å². The molecule has 0 bridgehead atoms. The van der Waals surface area contributed by atoms with E-state index in [1.807, 2.05) is 0 Å². The van der Waals surface area contributed by atoms with Gasteiger partial charge >= 0.3 is 0 Å². The van der Waals surface area contributed by atoms with Crippen LogP contribution in [0, 0.1) is 0 Å². The molecule has 0 radical (unpaired) electrons. The Labute approximate surface area is 127 Å². The lowest BCUT2D eigenvalue weighted by atomic mass is 9.91. The third kappa shape index (κ3) is 2.90. The molecule has 0 aromatic heterocycles. The second-order valence-electron chi connectivity index (χ2n) is 4.77. The fraction of sp³-hybridized carbons (Fsp3) is 0.308. The molecule has 0 fully saturated rings. The summed E-state index contributed by atoms with van der Waals surface area (Å²) < 4.78 is 32.9. The molecule has 6 nitrogen and oxygen atoms in total. The van der Waals surface area contributed by atoms with Crippen LogP contribution in [0.5, 0.6) is 0 Å². The first-order valence-electron chi connectivity index (χ1n) is 6.10. The molecule has 114 valence electrons. The minimum atomic E-state index is -4.68. The summed E-state index contributed by atoms with van der Waals surface area (Å²) in [6, 6.07) is 0. The van der Waals surface area contributed by atoms with Crippen LogP contribution in [0.25, 0.3) is 0 Å². The van der Waals surface area contributed by atoms with Gasteiger partial charge in [0, 0.05) is 12.0 Å². The van der Waals surface area contributed by atoms with E-state index in [0.717, 1.165) is 6.08 Å². The summed E-state index contributed by atoms with van der Waals surface area (Å²) in [6.07, 6.45) is 7.20. The fourth-order valence-electron chi connectivity index (χ4n) is 2.06. The Kier molecular flexibility index (Phi) is 4.01. The summed E-state index contributed by atoms with van der Waals surface area (Å²) in [5, 5.41) is 11.0. The van der Waals surface area contributed by atoms with Gasteiger partial charge in [-0.15, -0.1) is 11.6 Å². The van der Waals surface area contributed by atoms with E-state index in [-0.39, 0.29) is 5.76 Å². The summed E-state index contributed by atoms with van der Waals surface area (Å²) >= 11 is 5.62. The summed E-state index contributed by atoms with van der Waals surface area (Å²) in [5.74, 6) is -0.659. The number of allylic oxidation sites excluding steroid dienone is 5. The molecule has 2 aliphatic carbocycles. The number of alkyl halides is 1. The predicted octanol–water partition coefficient (Wildman–Crippen LogP) is 1.58. The van der Waals surface area contributed by atoms with Crippen molar-refractivity contribution in [3.05, 3.63) is 47.3 Å². The van der Waals surface area contributed by atoms with Crippen molar-refractivity contribution in [2.24, 2.45) is 0 Å². The molecule has 8 heteroatoms. The Hall–Kier alpha value is -1.57. The second-order valence-corrected chi connectivity index (χ2v) is 7.05. The molecule has 21 heavy (non-hydrogen) atoms. The monoisotopic (exact) mass is 331 g/mol. The van der Waals surface area contributed by atoms with Gasteiger partial charge in [-0.3, -0.25) is 9.35 Å². The third-order valence-electron chi connectivity index (χ3n) is 3.20. The number of aliphatic hydroxyl groups is 1. The van der Waals surface area contributed by atoms with Crippen molar-refractivity contribution in [1.82, 2.24) is 5.32 Å². The third-order valence-corrected chi connectivity index (χ3v) is 4.61. The van der Waals surface area contributed by atoms with Gasteiger partial charge in [0.15, 0.2) is 0 Å². The molecule has 0 aromatic rings. The zero-order valence-electron chi connectivity index (χ0n) is 11.1. The van der Waals surface area contributed by atoms with E-state index < -0.39 is 26.3 Å². The highest BCUT2D eigenvalue weighted by Gasteiger charge is 2.43. The van der Waals surface area contributed by atoms with E-state index in [9.17, 15) is 22.9 Å². The lowest BCUT2D eigenvalue weighted by Gasteiger charge is -2.30. The minimum absolute atomic E-state index is 0.0842. The van der Waals surface area contributed by atoms with Crippen LogP contribution < -0.4 is 5.32 Å². The van der Waals surface area contributed by atoms with Crippen LogP contribution in [-0.4, -0.2) is 34.2 Å². The Morgan fingerprint density at radius 1 is 1.48 bits per heavy atom. The zero-order valence-corrected chi connectivity index (χ0v) is 12.6. The number of hydrogen-bond acceptors (Lipinski definition) is 4. The van der Waals surface area contributed by atoms with E-state index >= 15 is 0 Å². The van der Waals surface area contributed by atoms with Gasteiger partial charge in [-0.25, -0.2) is 0 Å². The maximum Gasteiger partial charge on any atom is 0.296 e. The van der Waals surface area contributed by atoms with E-state index in [4.69, 9.17) is 11.6 Å². The Bertz CT molecular complexity index is 702. The van der Waals surface area contributed by atoms with Crippen LogP contribution >= 0.6 is 11.6 Å². The van der Waals surface area contributed by atoms with E-state index in [2.05, 4.69) is 5.32 Å². The largest absolute Gasteiger partial charge is 0.511 e. The fourth-order valence-corrected chi connectivity index (χ4v) is 2.86. The molecule has 0 heterocycles. The van der Waals surface area contributed by atoms with Crippen LogP contribution in [0.15, 0.2) is 47.3 Å². The van der Waals surface area contributed by atoms with Gasteiger partial charge in [-0.05, 0) is 24.6 Å². The first-order valence-corrected chi connectivity index (χ1v) is 7.98. The molecule has 0 spiro atoms. The number of rotatable bonds is 3. The molecular formula is C13H14ClNO5S. The van der Waals surface area contributed by atoms with Crippen LogP contribution in [0.3, 0.4) is 0 Å². The van der Waals surface area contributed by atoms with Gasteiger partial charge in [0.1, 0.15) is 11.1 Å². The van der Waals surface area contributed by atoms with Gasteiger partial charge in [0.2, 0.25) is 10.8 Å². The molecule has 2 unspecified atom stereocenters. The summed E-state index contributed by atoms with van der Waals surface area (Å²) in [7, 11) is -4.68. The number of nitrogens with one attached hydrogen (secondary N) is 1. The van der Waals surface area contributed by atoms with Gasteiger partial charge in [0.25, 0.3) is 10.1 Å². The quantitative estimate of drug-likeness (QED) is 0.538. The topological polar surface area (TPSA) is 104 Å². The van der Waals surface area contributed by atoms with Crippen LogP contribution in [-0.2, 0) is 14.9 Å². The molecule has 0 saturated carbocycles. The normalized spacial score (nSPS) is 26.1. The van der Waals surface area contributed by atoms with Crippen molar-refractivity contribution in [2.75, 3.05) is 0 Å². The highest BCUT2D eigenvalue weighted by Crippen LogP contribution is 2.33. The number of hydrogen-bond donors (Lipinski definition) is 3. The number of amides is 1. The summed E-state index contributed by atoms with van der Waals surface area (Å²) in [6.45, 7) is 1.38. The summed E-state index contributed by atoms with van der Waals surface area (Å²) in [5.41, 5.74) is 0.839. The number of carbonyl (C=O) groups excluding carboxylic acids is 1. The maximum absolute atomic E-state index is 11.7. The number of halogens is 1. The molecule has 2 aliphatic rings. The van der Waals surface area contributed by atoms with E-state index in [1.54, 1.807) is 12.2 Å². The highest BCUT2D eigenvalue weighted by molar-refractivity contribution is 7.87. The smallest absolute Gasteiger partial charge is 0.296 e. The maximum atomic E-state index is 11.7. The standard InChI is InChI=1S/C13H14ClNO5S/c1-8(14)12(17)15-13(21(18,19)20)6-5-10-9(7-13)3-2-4-11(10)16/h2-3,5-8,16H,4H2,1H3,(H,15,17)(H,18,19,20).